The van der Waals surface area contributed by atoms with Crippen LogP contribution in [0.1, 0.15) is 57.1 Å². The molecule has 1 atom stereocenters. The lowest BCUT2D eigenvalue weighted by Crippen LogP contribution is -2.54. The number of benzene rings is 2. The summed E-state index contributed by atoms with van der Waals surface area (Å²) in [6, 6.07) is 11.7. The van der Waals surface area contributed by atoms with Crippen LogP contribution in [0, 0.1) is 12.3 Å². The molecule has 1 unspecified atom stereocenters. The molecule has 0 bridgehead atoms. The first kappa shape index (κ1) is 36.6. The summed E-state index contributed by atoms with van der Waals surface area (Å²) in [6.07, 6.45) is 9.04. The third-order valence-corrected chi connectivity index (χ3v) is 13.3. The minimum Gasteiger partial charge on any atom is -0.489 e. The van der Waals surface area contributed by atoms with Crippen LogP contribution in [0.25, 0.3) is 27.8 Å². The minimum absolute atomic E-state index is 0.0359. The molecule has 2 aromatic carbocycles. The summed E-state index contributed by atoms with van der Waals surface area (Å²) < 4.78 is 40.8. The van der Waals surface area contributed by atoms with Crippen LogP contribution in [0.2, 0.25) is 0 Å². The first-order valence-corrected chi connectivity index (χ1v) is 20.6. The number of imidazole rings is 1. The Kier molecular flexibility index (Phi) is 8.91. The monoisotopic (exact) mass is 793 g/mol. The normalized spacial score (nSPS) is 18.6. The van der Waals surface area contributed by atoms with E-state index in [1.165, 1.54) is 4.57 Å². The quantitative estimate of drug-likeness (QED) is 0.147. The Morgan fingerprint density at radius 1 is 1.07 bits per heavy atom. The van der Waals surface area contributed by atoms with Crippen LogP contribution in [0.4, 0.5) is 17.3 Å². The van der Waals surface area contributed by atoms with E-state index in [1.807, 2.05) is 38.1 Å². The lowest BCUT2D eigenvalue weighted by molar-refractivity contribution is -0.135. The molecule has 4 N–H and O–H groups in total. The number of nitrogens with zero attached hydrogens (tertiary/aromatic N) is 7. The second-order valence-electron chi connectivity index (χ2n) is 15.3. The van der Waals surface area contributed by atoms with E-state index in [1.54, 1.807) is 52.9 Å². The van der Waals surface area contributed by atoms with Gasteiger partial charge in [-0.2, -0.15) is 10.1 Å². The van der Waals surface area contributed by atoms with Gasteiger partial charge in [-0.25, -0.2) is 22.4 Å². The molecule has 57 heavy (non-hydrogen) atoms. The van der Waals surface area contributed by atoms with Crippen molar-refractivity contribution < 1.29 is 22.7 Å². The average molecular weight is 794 g/mol. The predicted octanol–water partition coefficient (Wildman–Crippen LogP) is 3.93. The second kappa shape index (κ2) is 13.9. The minimum atomic E-state index is -3.78. The molecule has 2 saturated heterocycles. The Morgan fingerprint density at radius 2 is 1.88 bits per heavy atom. The van der Waals surface area contributed by atoms with Gasteiger partial charge in [0.1, 0.15) is 6.04 Å². The van der Waals surface area contributed by atoms with Gasteiger partial charge in [0, 0.05) is 61.8 Å². The molecule has 3 aliphatic rings. The second-order valence-corrected chi connectivity index (χ2v) is 17.0. The number of H-pyrrole nitrogens is 1. The number of rotatable bonds is 10. The molecule has 1 aliphatic carbocycles. The molecule has 0 radical (unpaired) electrons. The van der Waals surface area contributed by atoms with Crippen LogP contribution >= 0.6 is 0 Å². The number of aryl methyl sites for hydroxylation is 2. The van der Waals surface area contributed by atoms with Gasteiger partial charge < -0.3 is 15.0 Å². The molecular weight excluding hydrogens is 751 g/mol. The van der Waals surface area contributed by atoms with Crippen molar-refractivity contribution in [2.24, 2.45) is 12.5 Å². The molecular formula is C39H43N11O6S. The smallest absolute Gasteiger partial charge is 0.329 e. The molecule has 6 aromatic rings. The van der Waals surface area contributed by atoms with E-state index in [4.69, 9.17) is 4.74 Å². The molecule has 2 amide bonds. The number of fused-ring (bicyclic) bond motifs is 2. The number of carbonyl (C=O) groups is 2. The highest BCUT2D eigenvalue weighted by Crippen LogP contribution is 2.50. The van der Waals surface area contributed by atoms with Gasteiger partial charge in [0.05, 0.1) is 34.4 Å². The van der Waals surface area contributed by atoms with Gasteiger partial charge >= 0.3 is 5.69 Å². The third-order valence-electron chi connectivity index (χ3n) is 11.8. The lowest BCUT2D eigenvalue weighted by Gasteiger charge is -2.52. The van der Waals surface area contributed by atoms with Crippen molar-refractivity contribution in [3.63, 3.8) is 0 Å². The van der Waals surface area contributed by atoms with Gasteiger partial charge in [0.25, 0.3) is 0 Å². The number of piperidine rings is 2. The Hall–Kier alpha value is -6.01. The maximum Gasteiger partial charge on any atom is 0.329 e. The number of aromatic nitrogens is 7. The van der Waals surface area contributed by atoms with Crippen LogP contribution < -0.4 is 30.7 Å². The van der Waals surface area contributed by atoms with E-state index in [-0.39, 0.29) is 40.8 Å². The van der Waals surface area contributed by atoms with Crippen LogP contribution in [-0.4, -0.2) is 79.9 Å². The summed E-state index contributed by atoms with van der Waals surface area (Å²) in [5.41, 5.74) is 5.71. The van der Waals surface area contributed by atoms with Gasteiger partial charge in [0.2, 0.25) is 27.8 Å². The number of ether oxygens (including phenoxy) is 1. The third kappa shape index (κ3) is 6.41. The SMILES string of the molecule is CCOc1c(-c2cn[nH]c2)ccn2nc(Nc3ccc(S(=O)(=O)NC4CC5(CCN(c6cccc7c6n(C)c(=O)n7C6CCC(=O)NC6=O)CC5)C4)cc3C)nc12. The highest BCUT2D eigenvalue weighted by molar-refractivity contribution is 7.89. The number of hydrogen-bond acceptors (Lipinski definition) is 11. The van der Waals surface area contributed by atoms with Crippen molar-refractivity contribution in [3.05, 3.63) is 77.1 Å². The molecule has 3 fully saturated rings. The van der Waals surface area contributed by atoms with Gasteiger partial charge in [-0.1, -0.05) is 6.07 Å². The highest BCUT2D eigenvalue weighted by atomic mass is 32.2. The number of anilines is 3. The Morgan fingerprint density at radius 3 is 2.60 bits per heavy atom. The Balaban J connectivity index is 0.843. The first-order valence-electron chi connectivity index (χ1n) is 19.1. The summed E-state index contributed by atoms with van der Waals surface area (Å²) >= 11 is 0. The zero-order valence-electron chi connectivity index (χ0n) is 31.8. The Bertz CT molecular complexity index is 2720. The number of pyridine rings is 1. The maximum absolute atomic E-state index is 13.6. The van der Waals surface area contributed by atoms with E-state index in [9.17, 15) is 22.8 Å². The summed E-state index contributed by atoms with van der Waals surface area (Å²) in [5, 5.41) is 17.0. The topological polar surface area (TPSA) is 203 Å². The van der Waals surface area contributed by atoms with Crippen molar-refractivity contribution in [2.75, 3.05) is 29.9 Å². The number of nitrogens with one attached hydrogen (secondary N) is 4. The number of imide groups is 1. The van der Waals surface area contributed by atoms with E-state index < -0.39 is 22.0 Å². The van der Waals surface area contributed by atoms with Crippen molar-refractivity contribution in [1.29, 1.82) is 0 Å². The molecule has 17 nitrogen and oxygen atoms in total. The van der Waals surface area contributed by atoms with Crippen molar-refractivity contribution in [1.82, 2.24) is 44.0 Å². The van der Waals surface area contributed by atoms with Crippen molar-refractivity contribution in [3.8, 4) is 16.9 Å². The number of sulfonamides is 1. The fourth-order valence-corrected chi connectivity index (χ4v) is 10.2. The largest absolute Gasteiger partial charge is 0.489 e. The van der Waals surface area contributed by atoms with Gasteiger partial charge in [-0.15, -0.1) is 5.10 Å². The lowest BCUT2D eigenvalue weighted by atomic mass is 9.60. The number of hydrogen-bond donors (Lipinski definition) is 4. The summed E-state index contributed by atoms with van der Waals surface area (Å²) in [6.45, 7) is 5.70. The molecule has 18 heteroatoms. The van der Waals surface area contributed by atoms with Crippen molar-refractivity contribution >= 4 is 55.8 Å². The highest BCUT2D eigenvalue weighted by Gasteiger charge is 2.47. The van der Waals surface area contributed by atoms with Crippen molar-refractivity contribution in [2.45, 2.75) is 69.4 Å². The molecule has 296 valence electrons. The van der Waals surface area contributed by atoms with Crippen LogP contribution in [-0.2, 0) is 26.7 Å². The van der Waals surface area contributed by atoms with Crippen LogP contribution in [0.15, 0.2) is 70.7 Å². The first-order chi connectivity index (χ1) is 27.4. The Labute approximate surface area is 327 Å². The van der Waals surface area contributed by atoms with Crippen LogP contribution in [0.3, 0.4) is 0 Å². The molecule has 6 heterocycles. The zero-order valence-corrected chi connectivity index (χ0v) is 32.6. The zero-order chi connectivity index (χ0) is 39.6. The fourth-order valence-electron chi connectivity index (χ4n) is 8.84. The van der Waals surface area contributed by atoms with E-state index >= 15 is 0 Å². The molecule has 1 spiro atoms. The maximum atomic E-state index is 13.6. The summed E-state index contributed by atoms with van der Waals surface area (Å²) in [4.78, 5) is 45.1. The van der Waals surface area contributed by atoms with E-state index in [0.717, 1.165) is 66.7 Å². The summed E-state index contributed by atoms with van der Waals surface area (Å²) in [7, 11) is -2.06. The van der Waals surface area contributed by atoms with E-state index in [0.29, 0.717) is 35.2 Å². The van der Waals surface area contributed by atoms with Gasteiger partial charge in [-0.3, -0.25) is 29.1 Å². The molecule has 1 saturated carbocycles. The summed E-state index contributed by atoms with van der Waals surface area (Å²) in [5.74, 6) is 0.142. The number of amides is 2. The predicted molar refractivity (Wildman–Crippen MR) is 212 cm³/mol. The molecule has 9 rings (SSSR count). The van der Waals surface area contributed by atoms with Gasteiger partial charge in [0.15, 0.2) is 11.4 Å². The molecule has 4 aromatic heterocycles. The molecule has 2 aliphatic heterocycles. The number of para-hydroxylation sites is 1. The number of carbonyl (C=O) groups excluding carboxylic acids is 2. The fraction of sp³-hybridized carbons (Fsp3) is 0.385. The standard InChI is InChI=1S/C39H43N11O6S/c1-4-56-34-27(24-21-40-41-22-24)12-15-49-35(34)44-37(45-49)42-28-9-8-26(18-23(28)2)57(54,55)46-25-19-39(20-25)13-16-48(17-14-39)29-6-5-7-30-33(29)47(3)38(53)50(30)31-10-11-32(51)43-36(31)52/h5-9,12,15,18,21-22,25,31,46H,4,10-11,13-14,16-17,19-20H2,1-3H3,(H,40,41)(H,42,45)(H,43,51,52). The van der Waals surface area contributed by atoms with E-state index in [2.05, 4.69) is 40.5 Å². The average Bonchev–Trinajstić information content (AvgIpc) is 3.92. The van der Waals surface area contributed by atoms with Gasteiger partial charge in [-0.05, 0) is 93.3 Å². The number of aromatic amines is 1. The van der Waals surface area contributed by atoms with Crippen LogP contribution in [0.5, 0.6) is 5.75 Å².